The Morgan fingerprint density at radius 1 is 0.635 bits per heavy atom. The van der Waals surface area contributed by atoms with Crippen molar-refractivity contribution in [3.8, 4) is 34.5 Å². The first-order valence-electron chi connectivity index (χ1n) is 16.1. The Morgan fingerprint density at radius 2 is 1.04 bits per heavy atom. The Morgan fingerprint density at radius 3 is 1.42 bits per heavy atom. The molecule has 10 nitrogen and oxygen atoms in total. The molecule has 52 heavy (non-hydrogen) atoms. The highest BCUT2D eigenvalue weighted by molar-refractivity contribution is 8.01. The fraction of sp³-hybridized carbons (Fsp3) is 0.158. The molecule has 9 rings (SSSR count). The zero-order chi connectivity index (χ0) is 35.7. The standard InChI is InChI=1S/C38H26Cl2N4O6S2/c1-47-23-9-3-19(4-10-23)37-43(29(45)17-51-37)21-7-13-25-27(15-21)49-35-31(39)34-36(32(40)33(35)41-25)50-28-16-22(8-14-26(28)42-34)44-30(46)18-52-38(44)20-5-11-24(48-2)12-6-20/h3-16,37-38H,17-18H2,1-2H3. The summed E-state index contributed by atoms with van der Waals surface area (Å²) in [7, 11) is 3.24. The molecule has 5 aromatic rings. The summed E-state index contributed by atoms with van der Waals surface area (Å²) < 4.78 is 23.4. The second-order valence-corrected chi connectivity index (χ2v) is 15.0. The maximum atomic E-state index is 13.1. The van der Waals surface area contributed by atoms with Gasteiger partial charge in [0.2, 0.25) is 11.8 Å². The number of ether oxygens (including phenoxy) is 4. The molecule has 0 N–H and O–H groups in total. The van der Waals surface area contributed by atoms with E-state index < -0.39 is 0 Å². The van der Waals surface area contributed by atoms with Crippen LogP contribution in [0.2, 0.25) is 10.0 Å². The molecule has 2 amide bonds. The van der Waals surface area contributed by atoms with Crippen LogP contribution < -0.4 is 39.5 Å². The van der Waals surface area contributed by atoms with Crippen molar-refractivity contribution in [2.24, 2.45) is 9.98 Å². The fourth-order valence-electron chi connectivity index (χ4n) is 6.56. The highest BCUT2D eigenvalue weighted by Gasteiger charge is 2.37. The quantitative estimate of drug-likeness (QED) is 0.166. The van der Waals surface area contributed by atoms with Crippen molar-refractivity contribution in [1.29, 1.82) is 0 Å². The Bertz CT molecular complexity index is 2280. The van der Waals surface area contributed by atoms with Crippen molar-refractivity contribution in [2.45, 2.75) is 10.7 Å². The van der Waals surface area contributed by atoms with Gasteiger partial charge in [-0.15, -0.1) is 23.5 Å². The Kier molecular flexibility index (Phi) is 8.22. The number of amides is 2. The van der Waals surface area contributed by atoms with Crippen LogP contribution in [0.5, 0.6) is 34.5 Å². The van der Waals surface area contributed by atoms with Gasteiger partial charge in [-0.05, 0) is 59.7 Å². The maximum absolute atomic E-state index is 13.1. The minimum Gasteiger partial charge on any atom is -0.497 e. The van der Waals surface area contributed by atoms with Crippen molar-refractivity contribution in [2.75, 3.05) is 35.5 Å². The predicted molar refractivity (Wildman–Crippen MR) is 202 cm³/mol. The normalized spacial score (nSPS) is 18.3. The second-order valence-electron chi connectivity index (χ2n) is 12.1. The molecule has 4 aliphatic rings. The highest BCUT2D eigenvalue weighted by Crippen LogP contribution is 2.49. The molecule has 4 aliphatic heterocycles. The summed E-state index contributed by atoms with van der Waals surface area (Å²) in [6, 6.07) is 26.2. The van der Waals surface area contributed by atoms with Gasteiger partial charge in [-0.25, -0.2) is 9.98 Å². The Hall–Kier alpha value is -4.88. The first kappa shape index (κ1) is 33.0. The Balaban J connectivity index is 1.04. The molecule has 5 aromatic carbocycles. The van der Waals surface area contributed by atoms with E-state index in [0.717, 1.165) is 22.6 Å². The molecule has 4 heterocycles. The van der Waals surface area contributed by atoms with Gasteiger partial charge in [-0.3, -0.25) is 19.4 Å². The first-order chi connectivity index (χ1) is 25.3. The lowest BCUT2D eigenvalue weighted by Crippen LogP contribution is -2.28. The average Bonchev–Trinajstić information content (AvgIpc) is 3.77. The van der Waals surface area contributed by atoms with E-state index in [9.17, 15) is 9.59 Å². The van der Waals surface area contributed by atoms with E-state index >= 15 is 0 Å². The number of hydrogen-bond donors (Lipinski definition) is 0. The van der Waals surface area contributed by atoms with Crippen LogP contribution in [0.1, 0.15) is 21.9 Å². The zero-order valence-corrected chi connectivity index (χ0v) is 30.6. The molecule has 0 radical (unpaired) electrons. The van der Waals surface area contributed by atoms with E-state index in [2.05, 4.69) is 0 Å². The lowest BCUT2D eigenvalue weighted by Gasteiger charge is -2.27. The predicted octanol–water partition coefficient (Wildman–Crippen LogP) is 8.68. The van der Waals surface area contributed by atoms with Gasteiger partial charge in [-0.2, -0.15) is 0 Å². The molecule has 0 saturated carbocycles. The van der Waals surface area contributed by atoms with Gasteiger partial charge in [0.1, 0.15) is 54.4 Å². The number of rotatable bonds is 6. The smallest absolute Gasteiger partial charge is 0.238 e. The average molecular weight is 770 g/mol. The third-order valence-electron chi connectivity index (χ3n) is 9.11. The lowest BCUT2D eigenvalue weighted by atomic mass is 10.1. The van der Waals surface area contributed by atoms with Crippen LogP contribution >= 0.6 is 46.7 Å². The number of thioether (sulfide) groups is 2. The van der Waals surface area contributed by atoms with E-state index in [0.29, 0.717) is 56.5 Å². The van der Waals surface area contributed by atoms with Crippen LogP contribution in [0.15, 0.2) is 94.9 Å². The van der Waals surface area contributed by atoms with Crippen LogP contribution in [0, 0.1) is 0 Å². The molecule has 0 spiro atoms. The van der Waals surface area contributed by atoms with Crippen LogP contribution in [-0.4, -0.2) is 37.5 Å². The molecule has 0 bridgehead atoms. The summed E-state index contributed by atoms with van der Waals surface area (Å²) in [5.41, 5.74) is 4.30. The van der Waals surface area contributed by atoms with Crippen molar-refractivity contribution in [1.82, 2.24) is 0 Å². The molecular weight excluding hydrogens is 743 g/mol. The molecule has 0 aliphatic carbocycles. The summed E-state index contributed by atoms with van der Waals surface area (Å²) in [6.07, 6.45) is 0. The van der Waals surface area contributed by atoms with Gasteiger partial charge < -0.3 is 18.9 Å². The van der Waals surface area contributed by atoms with Crippen molar-refractivity contribution in [3.63, 3.8) is 0 Å². The van der Waals surface area contributed by atoms with E-state index in [1.807, 2.05) is 60.7 Å². The van der Waals surface area contributed by atoms with Crippen LogP contribution in [0.4, 0.5) is 22.7 Å². The minimum absolute atomic E-state index is 0.0176. The maximum Gasteiger partial charge on any atom is 0.238 e. The SMILES string of the molecule is COc1ccc(C2SCC(=O)N2c2ccc3c(c2)Oc2c(Cl)c4c(c(Cl)c2=N3)Oc2cc(N3C(=O)CSC3c3ccc(OC)cc3)ccc2N=4)cc1. The summed E-state index contributed by atoms with van der Waals surface area (Å²) in [4.78, 5) is 39.4. The molecule has 2 fully saturated rings. The molecule has 0 aromatic heterocycles. The third-order valence-corrected chi connectivity index (χ3v) is 12.2. The Labute approximate surface area is 315 Å². The molecule has 2 saturated heterocycles. The summed E-state index contributed by atoms with van der Waals surface area (Å²) in [5, 5.41) is 0.519. The highest BCUT2D eigenvalue weighted by atomic mass is 35.5. The number of halogens is 2. The number of methoxy groups -OCH3 is 2. The van der Waals surface area contributed by atoms with E-state index in [4.69, 9.17) is 52.1 Å². The van der Waals surface area contributed by atoms with Gasteiger partial charge in [0.15, 0.2) is 23.0 Å². The van der Waals surface area contributed by atoms with Crippen molar-refractivity contribution in [3.05, 3.63) is 117 Å². The van der Waals surface area contributed by atoms with Gasteiger partial charge in [0, 0.05) is 23.5 Å². The summed E-state index contributed by atoms with van der Waals surface area (Å²) in [6.45, 7) is 0. The number of fused-ring (bicyclic) bond motifs is 4. The minimum atomic E-state index is -0.221. The molecule has 14 heteroatoms. The van der Waals surface area contributed by atoms with Crippen molar-refractivity contribution < 1.29 is 28.5 Å². The zero-order valence-electron chi connectivity index (χ0n) is 27.5. The third kappa shape index (κ3) is 5.44. The van der Waals surface area contributed by atoms with Crippen molar-refractivity contribution >= 4 is 81.3 Å². The lowest BCUT2D eigenvalue weighted by molar-refractivity contribution is -0.116. The topological polar surface area (TPSA) is 102 Å². The monoisotopic (exact) mass is 768 g/mol. The second kappa shape index (κ2) is 13.0. The number of hydrogen-bond acceptors (Lipinski definition) is 10. The number of anilines is 2. The van der Waals surface area contributed by atoms with Crippen LogP contribution in [-0.2, 0) is 9.59 Å². The number of benzene rings is 5. The summed E-state index contributed by atoms with van der Waals surface area (Å²) >= 11 is 17.0. The van der Waals surface area contributed by atoms with Gasteiger partial charge in [0.25, 0.3) is 0 Å². The van der Waals surface area contributed by atoms with Crippen LogP contribution in [0.3, 0.4) is 0 Å². The first-order valence-corrected chi connectivity index (χ1v) is 18.9. The molecular formula is C38H26Cl2N4O6S2. The van der Waals surface area contributed by atoms with Crippen LogP contribution in [0.25, 0.3) is 0 Å². The van der Waals surface area contributed by atoms with Gasteiger partial charge in [-0.1, -0.05) is 47.5 Å². The number of carbonyl (C=O) groups excluding carboxylic acids is 2. The number of carbonyl (C=O) groups is 2. The van der Waals surface area contributed by atoms with Gasteiger partial charge >= 0.3 is 0 Å². The fourth-order valence-corrected chi connectivity index (χ4v) is 9.43. The van der Waals surface area contributed by atoms with Gasteiger partial charge in [0.05, 0.1) is 25.7 Å². The van der Waals surface area contributed by atoms with E-state index in [1.165, 1.54) is 0 Å². The largest absolute Gasteiger partial charge is 0.497 e. The summed E-state index contributed by atoms with van der Waals surface area (Å²) in [5.74, 6) is 3.44. The van der Waals surface area contributed by atoms with E-state index in [1.54, 1.807) is 71.8 Å². The molecule has 2 atom stereocenters. The number of nitrogens with zero attached hydrogens (tertiary/aromatic N) is 4. The van der Waals surface area contributed by atoms with E-state index in [-0.39, 0.29) is 44.1 Å². The molecule has 260 valence electrons. The molecule has 2 unspecified atom stereocenters.